The molecule has 5 nitrogen and oxygen atoms in total. The summed E-state index contributed by atoms with van der Waals surface area (Å²) in [7, 11) is 1.79. The van der Waals surface area contributed by atoms with Gasteiger partial charge in [0, 0.05) is 28.4 Å². The largest absolute Gasteiger partial charge is 0.478 e. The van der Waals surface area contributed by atoms with Crippen molar-refractivity contribution in [3.8, 4) is 5.88 Å². The van der Waals surface area contributed by atoms with E-state index in [9.17, 15) is 4.79 Å². The molecular formula is C12H11IN2O3. The number of nitrogens with zero attached hydrogens (tertiary/aromatic N) is 2. The molecule has 0 unspecified atom stereocenters. The predicted octanol–water partition coefficient (Wildman–Crippen LogP) is 2.30. The van der Waals surface area contributed by atoms with Crippen LogP contribution in [0.2, 0.25) is 0 Å². The number of hydrogen-bond acceptors (Lipinski definition) is 3. The molecule has 18 heavy (non-hydrogen) atoms. The van der Waals surface area contributed by atoms with Crippen LogP contribution >= 0.6 is 22.6 Å². The lowest BCUT2D eigenvalue weighted by atomic mass is 10.1. The first-order valence-electron chi connectivity index (χ1n) is 5.21. The average Bonchev–Trinajstić information content (AvgIpc) is 2.73. The second-order valence-electron chi connectivity index (χ2n) is 3.69. The molecule has 0 radical (unpaired) electrons. The van der Waals surface area contributed by atoms with Gasteiger partial charge in [0.2, 0.25) is 5.88 Å². The molecule has 0 saturated heterocycles. The van der Waals surface area contributed by atoms with Gasteiger partial charge in [-0.25, -0.2) is 4.79 Å². The molecule has 0 amide bonds. The van der Waals surface area contributed by atoms with Crippen LogP contribution in [0, 0.1) is 3.57 Å². The third-order valence-corrected chi connectivity index (χ3v) is 3.41. The van der Waals surface area contributed by atoms with Crippen molar-refractivity contribution in [2.24, 2.45) is 7.05 Å². The van der Waals surface area contributed by atoms with E-state index in [0.717, 1.165) is 3.57 Å². The number of carboxylic acid groups (broad SMARTS) is 1. The van der Waals surface area contributed by atoms with Crippen molar-refractivity contribution in [3.63, 3.8) is 0 Å². The molecule has 0 spiro atoms. The van der Waals surface area contributed by atoms with Gasteiger partial charge in [-0.15, -0.1) is 5.10 Å². The van der Waals surface area contributed by atoms with Gasteiger partial charge >= 0.3 is 5.97 Å². The first-order valence-corrected chi connectivity index (χ1v) is 6.29. The SMILES string of the molecule is Cn1ccc(OCc2c(I)cccc2C(=O)O)n1. The predicted molar refractivity (Wildman–Crippen MR) is 73.7 cm³/mol. The van der Waals surface area contributed by atoms with E-state index in [1.54, 1.807) is 36.1 Å². The maximum Gasteiger partial charge on any atom is 0.336 e. The van der Waals surface area contributed by atoms with Crippen LogP contribution in [0.4, 0.5) is 0 Å². The fourth-order valence-corrected chi connectivity index (χ4v) is 2.18. The number of hydrogen-bond donors (Lipinski definition) is 1. The smallest absolute Gasteiger partial charge is 0.336 e. The number of ether oxygens (including phenoxy) is 1. The summed E-state index contributed by atoms with van der Waals surface area (Å²) < 4.78 is 7.98. The summed E-state index contributed by atoms with van der Waals surface area (Å²) in [5, 5.41) is 13.2. The number of aryl methyl sites for hydroxylation is 1. The molecule has 2 aromatic rings. The molecule has 2 rings (SSSR count). The summed E-state index contributed by atoms with van der Waals surface area (Å²) in [6, 6.07) is 6.87. The highest BCUT2D eigenvalue weighted by Gasteiger charge is 2.13. The zero-order valence-corrected chi connectivity index (χ0v) is 11.8. The Kier molecular flexibility index (Phi) is 3.85. The molecule has 6 heteroatoms. The van der Waals surface area contributed by atoms with E-state index in [0.29, 0.717) is 11.4 Å². The molecular weight excluding hydrogens is 347 g/mol. The lowest BCUT2D eigenvalue weighted by molar-refractivity contribution is 0.0693. The molecule has 0 aliphatic carbocycles. The Hall–Kier alpha value is -1.57. The lowest BCUT2D eigenvalue weighted by Crippen LogP contribution is -2.08. The van der Waals surface area contributed by atoms with Crippen molar-refractivity contribution in [1.29, 1.82) is 0 Å². The molecule has 0 fully saturated rings. The van der Waals surface area contributed by atoms with E-state index in [-0.39, 0.29) is 12.2 Å². The third kappa shape index (κ3) is 2.81. The maximum atomic E-state index is 11.1. The van der Waals surface area contributed by atoms with Crippen molar-refractivity contribution < 1.29 is 14.6 Å². The van der Waals surface area contributed by atoms with Gasteiger partial charge < -0.3 is 9.84 Å². The maximum absolute atomic E-state index is 11.1. The van der Waals surface area contributed by atoms with Crippen LogP contribution in [-0.2, 0) is 13.7 Å². The zero-order valence-electron chi connectivity index (χ0n) is 9.63. The van der Waals surface area contributed by atoms with Crippen LogP contribution in [0.3, 0.4) is 0 Å². The van der Waals surface area contributed by atoms with Gasteiger partial charge in [0.25, 0.3) is 0 Å². The standard InChI is InChI=1S/C12H11IN2O3/c1-15-6-5-11(14-15)18-7-9-8(12(16)17)3-2-4-10(9)13/h2-6H,7H2,1H3,(H,16,17). The summed E-state index contributed by atoms with van der Waals surface area (Å²) in [4.78, 5) is 11.1. The van der Waals surface area contributed by atoms with Crippen molar-refractivity contribution in [2.75, 3.05) is 0 Å². The topological polar surface area (TPSA) is 64.3 Å². The summed E-state index contributed by atoms with van der Waals surface area (Å²) in [6.45, 7) is 0.192. The normalized spacial score (nSPS) is 10.3. The number of carboxylic acids is 1. The van der Waals surface area contributed by atoms with Crippen molar-refractivity contribution in [3.05, 3.63) is 45.2 Å². The Labute approximate surface area is 118 Å². The second kappa shape index (κ2) is 5.38. The van der Waals surface area contributed by atoms with E-state index >= 15 is 0 Å². The molecule has 0 saturated carbocycles. The lowest BCUT2D eigenvalue weighted by Gasteiger charge is -2.08. The van der Waals surface area contributed by atoms with Gasteiger partial charge in [0.15, 0.2) is 0 Å². The first kappa shape index (κ1) is 12.9. The Morgan fingerprint density at radius 1 is 1.50 bits per heavy atom. The number of carbonyl (C=O) groups is 1. The fourth-order valence-electron chi connectivity index (χ4n) is 1.52. The van der Waals surface area contributed by atoms with Crippen molar-refractivity contribution >= 4 is 28.6 Å². The Balaban J connectivity index is 2.20. The molecule has 1 aromatic heterocycles. The number of aromatic nitrogens is 2. The van der Waals surface area contributed by atoms with Gasteiger partial charge in [-0.1, -0.05) is 6.07 Å². The van der Waals surface area contributed by atoms with E-state index in [1.807, 2.05) is 6.07 Å². The van der Waals surface area contributed by atoms with Crippen LogP contribution in [0.5, 0.6) is 5.88 Å². The van der Waals surface area contributed by atoms with Gasteiger partial charge in [0.05, 0.1) is 5.56 Å². The van der Waals surface area contributed by atoms with E-state index in [4.69, 9.17) is 9.84 Å². The number of benzene rings is 1. The van der Waals surface area contributed by atoms with Crippen LogP contribution in [-0.4, -0.2) is 20.9 Å². The van der Waals surface area contributed by atoms with Crippen LogP contribution in [0.25, 0.3) is 0 Å². The van der Waals surface area contributed by atoms with Gasteiger partial charge in [-0.3, -0.25) is 4.68 Å². The molecule has 0 aliphatic heterocycles. The summed E-state index contributed by atoms with van der Waals surface area (Å²) in [6.07, 6.45) is 1.77. The highest BCUT2D eigenvalue weighted by atomic mass is 127. The highest BCUT2D eigenvalue weighted by Crippen LogP contribution is 2.19. The van der Waals surface area contributed by atoms with Crippen LogP contribution in [0.1, 0.15) is 15.9 Å². The molecule has 0 bridgehead atoms. The summed E-state index contributed by atoms with van der Waals surface area (Å²) in [5.74, 6) is -0.471. The van der Waals surface area contributed by atoms with Gasteiger partial charge in [-0.05, 0) is 34.7 Å². The number of halogens is 1. The van der Waals surface area contributed by atoms with Crippen LogP contribution < -0.4 is 4.74 Å². The monoisotopic (exact) mass is 358 g/mol. The summed E-state index contributed by atoms with van der Waals surface area (Å²) in [5.41, 5.74) is 0.925. The first-order chi connectivity index (χ1) is 8.58. The number of rotatable bonds is 4. The number of aromatic carboxylic acids is 1. The van der Waals surface area contributed by atoms with Gasteiger partial charge in [-0.2, -0.15) is 0 Å². The minimum atomic E-state index is -0.951. The van der Waals surface area contributed by atoms with E-state index in [1.165, 1.54) is 0 Å². The fraction of sp³-hybridized carbons (Fsp3) is 0.167. The van der Waals surface area contributed by atoms with Gasteiger partial charge in [0.1, 0.15) is 6.61 Å². The molecule has 1 aromatic carbocycles. The van der Waals surface area contributed by atoms with Crippen LogP contribution in [0.15, 0.2) is 30.5 Å². The molecule has 1 heterocycles. The van der Waals surface area contributed by atoms with Crippen molar-refractivity contribution in [2.45, 2.75) is 6.61 Å². The van der Waals surface area contributed by atoms with Crippen molar-refractivity contribution in [1.82, 2.24) is 9.78 Å². The van der Waals surface area contributed by atoms with E-state index < -0.39 is 5.97 Å². The quantitative estimate of drug-likeness (QED) is 0.852. The second-order valence-corrected chi connectivity index (χ2v) is 4.85. The third-order valence-electron chi connectivity index (χ3n) is 2.40. The zero-order chi connectivity index (χ0) is 13.1. The Morgan fingerprint density at radius 2 is 2.28 bits per heavy atom. The Bertz CT molecular complexity index is 580. The molecule has 1 N–H and O–H groups in total. The minimum absolute atomic E-state index is 0.192. The molecule has 94 valence electrons. The highest BCUT2D eigenvalue weighted by molar-refractivity contribution is 14.1. The summed E-state index contributed by atoms with van der Waals surface area (Å²) >= 11 is 2.10. The minimum Gasteiger partial charge on any atom is -0.478 e. The molecule has 0 atom stereocenters. The van der Waals surface area contributed by atoms with E-state index in [2.05, 4.69) is 27.7 Å². The molecule has 0 aliphatic rings. The average molecular weight is 358 g/mol. The Morgan fingerprint density at radius 3 is 2.89 bits per heavy atom.